The van der Waals surface area contributed by atoms with Crippen molar-refractivity contribution in [3.05, 3.63) is 73.8 Å². The molecule has 0 aliphatic carbocycles. The van der Waals surface area contributed by atoms with E-state index in [4.69, 9.17) is 0 Å². The minimum absolute atomic E-state index is 0.873. The molecule has 2 nitrogen and oxygen atoms in total. The number of benzene rings is 2. The van der Waals surface area contributed by atoms with Crippen molar-refractivity contribution in [3.63, 3.8) is 0 Å². The van der Waals surface area contributed by atoms with E-state index in [1.54, 1.807) is 0 Å². The van der Waals surface area contributed by atoms with Crippen molar-refractivity contribution in [2.24, 2.45) is 10.2 Å². The molecule has 108 valence electrons. The lowest BCUT2D eigenvalue weighted by molar-refractivity contribution is 1.23. The highest BCUT2D eigenvalue weighted by Crippen LogP contribution is 2.16. The summed E-state index contributed by atoms with van der Waals surface area (Å²) in [6, 6.07) is 16.4. The number of hydrogen-bond acceptors (Lipinski definition) is 2. The SMILES string of the molecule is C=CCBc1ccc(/N=N/c2ccc(BCC=C)cc2)cc1. The molecule has 0 unspecified atom stereocenters. The lowest BCUT2D eigenvalue weighted by Crippen LogP contribution is -2.11. The fourth-order valence-electron chi connectivity index (χ4n) is 2.11. The van der Waals surface area contributed by atoms with Crippen LogP contribution in [0.4, 0.5) is 11.4 Å². The molecule has 0 saturated carbocycles. The van der Waals surface area contributed by atoms with Crippen LogP contribution in [0.3, 0.4) is 0 Å². The largest absolute Gasteiger partial charge is 0.161 e. The Hall–Kier alpha value is -2.35. The molecular formula is C18H20B2N2. The maximum atomic E-state index is 4.28. The van der Waals surface area contributed by atoms with E-state index < -0.39 is 0 Å². The van der Waals surface area contributed by atoms with Gasteiger partial charge in [-0.05, 0) is 24.3 Å². The van der Waals surface area contributed by atoms with Crippen molar-refractivity contribution in [3.8, 4) is 0 Å². The van der Waals surface area contributed by atoms with Gasteiger partial charge in [0.25, 0.3) is 0 Å². The summed E-state index contributed by atoms with van der Waals surface area (Å²) in [5, 5.41) is 8.56. The summed E-state index contributed by atoms with van der Waals surface area (Å²) in [5.41, 5.74) is 4.34. The van der Waals surface area contributed by atoms with Crippen molar-refractivity contribution < 1.29 is 0 Å². The number of rotatable bonds is 8. The Bertz CT molecular complexity index is 574. The second-order valence-corrected chi connectivity index (χ2v) is 5.19. The molecule has 0 aliphatic rings. The molecule has 0 amide bonds. The maximum absolute atomic E-state index is 4.28. The lowest BCUT2D eigenvalue weighted by Gasteiger charge is -1.99. The van der Waals surface area contributed by atoms with Gasteiger partial charge in [-0.2, -0.15) is 10.2 Å². The fourth-order valence-corrected chi connectivity index (χ4v) is 2.11. The van der Waals surface area contributed by atoms with Crippen LogP contribution >= 0.6 is 0 Å². The third-order valence-electron chi connectivity index (χ3n) is 3.43. The van der Waals surface area contributed by atoms with Crippen LogP contribution < -0.4 is 10.9 Å². The lowest BCUT2D eigenvalue weighted by atomic mass is 9.67. The predicted molar refractivity (Wildman–Crippen MR) is 101 cm³/mol. The van der Waals surface area contributed by atoms with E-state index in [2.05, 4.69) is 47.7 Å². The predicted octanol–water partition coefficient (Wildman–Crippen LogP) is 3.43. The summed E-state index contributed by atoms with van der Waals surface area (Å²) in [6.07, 6.45) is 5.87. The van der Waals surface area contributed by atoms with E-state index in [9.17, 15) is 0 Å². The summed E-state index contributed by atoms with van der Waals surface area (Å²) in [5.74, 6) is 0. The van der Waals surface area contributed by atoms with Crippen molar-refractivity contribution in [2.45, 2.75) is 12.6 Å². The van der Waals surface area contributed by atoms with Gasteiger partial charge in [0.05, 0.1) is 11.4 Å². The highest BCUT2D eigenvalue weighted by atomic mass is 15.1. The molecule has 0 spiro atoms. The molecule has 2 aromatic carbocycles. The molecule has 0 bridgehead atoms. The molecule has 0 saturated heterocycles. The molecule has 0 atom stereocenters. The first-order chi connectivity index (χ1) is 10.8. The Kier molecular flexibility index (Phi) is 6.43. The molecular weight excluding hydrogens is 266 g/mol. The quantitative estimate of drug-likeness (QED) is 0.403. The van der Waals surface area contributed by atoms with E-state index in [1.165, 1.54) is 10.9 Å². The molecule has 0 aromatic heterocycles. The third kappa shape index (κ3) is 5.21. The number of hydrogen-bond donors (Lipinski definition) is 0. The minimum atomic E-state index is 0.873. The Labute approximate surface area is 134 Å². The summed E-state index contributed by atoms with van der Waals surface area (Å²) in [7, 11) is 2.04. The molecule has 22 heavy (non-hydrogen) atoms. The van der Waals surface area contributed by atoms with Crippen LogP contribution in [0.25, 0.3) is 0 Å². The van der Waals surface area contributed by atoms with Gasteiger partial charge in [0.2, 0.25) is 0 Å². The van der Waals surface area contributed by atoms with Gasteiger partial charge in [0, 0.05) is 0 Å². The van der Waals surface area contributed by atoms with E-state index in [0.29, 0.717) is 0 Å². The Balaban J connectivity index is 1.95. The zero-order valence-electron chi connectivity index (χ0n) is 12.9. The number of allylic oxidation sites excluding steroid dienone is 2. The molecule has 0 fully saturated rings. The van der Waals surface area contributed by atoms with Crippen LogP contribution in [0.1, 0.15) is 0 Å². The van der Waals surface area contributed by atoms with Crippen LogP contribution in [-0.4, -0.2) is 14.6 Å². The van der Waals surface area contributed by atoms with Crippen LogP contribution in [-0.2, 0) is 0 Å². The zero-order valence-corrected chi connectivity index (χ0v) is 12.9. The highest BCUT2D eigenvalue weighted by Gasteiger charge is 1.96. The van der Waals surface area contributed by atoms with E-state index in [1.807, 2.05) is 36.4 Å². The fraction of sp³-hybridized carbons (Fsp3) is 0.111. The normalized spacial score (nSPS) is 10.4. The Morgan fingerprint density at radius 1 is 0.682 bits per heavy atom. The molecule has 4 heteroatoms. The average molecular weight is 286 g/mol. The second-order valence-electron chi connectivity index (χ2n) is 5.19. The van der Waals surface area contributed by atoms with Gasteiger partial charge in [0.15, 0.2) is 14.6 Å². The van der Waals surface area contributed by atoms with Crippen LogP contribution in [0.5, 0.6) is 0 Å². The van der Waals surface area contributed by atoms with E-state index >= 15 is 0 Å². The second kappa shape index (κ2) is 8.83. The van der Waals surface area contributed by atoms with Gasteiger partial charge in [0.1, 0.15) is 0 Å². The summed E-state index contributed by atoms with van der Waals surface area (Å²) in [4.78, 5) is 0. The van der Waals surface area contributed by atoms with Crippen molar-refractivity contribution in [1.82, 2.24) is 0 Å². The van der Waals surface area contributed by atoms with Crippen molar-refractivity contribution in [1.29, 1.82) is 0 Å². The van der Waals surface area contributed by atoms with Gasteiger partial charge < -0.3 is 0 Å². The third-order valence-corrected chi connectivity index (χ3v) is 3.43. The summed E-state index contributed by atoms with van der Waals surface area (Å²) < 4.78 is 0. The topological polar surface area (TPSA) is 24.7 Å². The minimum Gasteiger partial charge on any atom is -0.151 e. The first-order valence-electron chi connectivity index (χ1n) is 7.63. The van der Waals surface area contributed by atoms with E-state index in [0.717, 1.165) is 38.6 Å². The van der Waals surface area contributed by atoms with Crippen molar-refractivity contribution in [2.75, 3.05) is 0 Å². The van der Waals surface area contributed by atoms with Gasteiger partial charge in [-0.15, -0.1) is 13.2 Å². The van der Waals surface area contributed by atoms with Crippen LogP contribution in [0, 0.1) is 0 Å². The molecule has 2 rings (SSSR count). The summed E-state index contributed by atoms with van der Waals surface area (Å²) in [6.45, 7) is 7.48. The van der Waals surface area contributed by atoms with Gasteiger partial charge in [-0.25, -0.2) is 0 Å². The monoisotopic (exact) mass is 286 g/mol. The van der Waals surface area contributed by atoms with Gasteiger partial charge in [-0.3, -0.25) is 0 Å². The smallest absolute Gasteiger partial charge is 0.151 e. The number of nitrogens with zero attached hydrogens (tertiary/aromatic N) is 2. The van der Waals surface area contributed by atoms with E-state index in [-0.39, 0.29) is 0 Å². The molecule has 0 aliphatic heterocycles. The molecule has 0 N–H and O–H groups in total. The standard InChI is InChI=1S/C18H20B2N2/c1-3-13-19-15-5-9-17(10-6-15)21-22-18-11-7-16(8-12-18)20-14-4-2/h3-12,19-20H,1-2,13-14H2/b22-21+. The first kappa shape index (κ1) is 16.0. The average Bonchev–Trinajstić information content (AvgIpc) is 2.58. The maximum Gasteiger partial charge on any atom is 0.161 e. The van der Waals surface area contributed by atoms with Crippen LogP contribution in [0.15, 0.2) is 84.1 Å². The number of azo groups is 1. The Morgan fingerprint density at radius 3 is 1.36 bits per heavy atom. The van der Waals surface area contributed by atoms with Crippen LogP contribution in [0.2, 0.25) is 12.6 Å². The Morgan fingerprint density at radius 2 is 1.05 bits per heavy atom. The molecule has 0 radical (unpaired) electrons. The highest BCUT2D eigenvalue weighted by molar-refractivity contribution is 6.54. The molecule has 2 aromatic rings. The van der Waals surface area contributed by atoms with Crippen molar-refractivity contribution >= 4 is 36.9 Å². The van der Waals surface area contributed by atoms with Gasteiger partial charge >= 0.3 is 0 Å². The first-order valence-corrected chi connectivity index (χ1v) is 7.63. The molecule has 0 heterocycles. The zero-order chi connectivity index (χ0) is 15.6. The summed E-state index contributed by atoms with van der Waals surface area (Å²) >= 11 is 0. The van der Waals surface area contributed by atoms with Gasteiger partial charge in [-0.1, -0.05) is 60.0 Å².